The summed E-state index contributed by atoms with van der Waals surface area (Å²) in [6.45, 7) is 6.92. The van der Waals surface area contributed by atoms with Crippen LogP contribution in [0, 0.1) is 13.1 Å². The maximum Gasteiger partial charge on any atom is 0.132 e. The molecule has 2 aromatic rings. The largest absolute Gasteiger partial charge is 0.454 e. The monoisotopic (exact) mass is 584 g/mol. The van der Waals surface area contributed by atoms with E-state index in [1.807, 2.05) is 13.0 Å². The zero-order valence-electron chi connectivity index (χ0n) is 13.8. The molecule has 0 saturated carbocycles. The molecule has 3 rings (SSSR count). The van der Waals surface area contributed by atoms with Crippen LogP contribution in [0.1, 0.15) is 12.6 Å². The van der Waals surface area contributed by atoms with Gasteiger partial charge in [0.25, 0.3) is 0 Å². The van der Waals surface area contributed by atoms with Crippen molar-refractivity contribution in [2.24, 2.45) is 0 Å². The molecule has 1 aliphatic heterocycles. The van der Waals surface area contributed by atoms with Crippen molar-refractivity contribution >= 4 is 24.3 Å². The van der Waals surface area contributed by atoms with Crippen molar-refractivity contribution < 1.29 is 0 Å². The van der Waals surface area contributed by atoms with E-state index < -0.39 is 0 Å². The quantitative estimate of drug-likeness (QED) is 0.428. The average molecular weight is 584 g/mol. The minimum absolute atomic E-state index is 0. The standard InChI is InChI=1S/C14H17N6.CH4S.Rf/c1-11-7-13(18-10-17-11)20-6-5-19(9-12(20)2)14-8-15-3-4-16-14;1-2;/h4,7-8,10,12H,5-6,9H2,1-2H3;2H,1H3;/q-1;;. The smallest absolute Gasteiger partial charge is 0.132 e. The molecule has 1 saturated heterocycles. The summed E-state index contributed by atoms with van der Waals surface area (Å²) in [6, 6.07) is 2.40. The summed E-state index contributed by atoms with van der Waals surface area (Å²) in [7, 11) is 0. The Labute approximate surface area is 137 Å². The van der Waals surface area contributed by atoms with Crippen LogP contribution in [0.2, 0.25) is 0 Å². The van der Waals surface area contributed by atoms with E-state index in [0.717, 1.165) is 37.0 Å². The van der Waals surface area contributed by atoms with Crippen LogP contribution in [0.15, 0.2) is 24.8 Å². The molecule has 23 heavy (non-hydrogen) atoms. The van der Waals surface area contributed by atoms with Gasteiger partial charge in [-0.1, -0.05) is 6.20 Å². The molecule has 3 heterocycles. The molecule has 2 aromatic heterocycles. The van der Waals surface area contributed by atoms with Crippen LogP contribution in [-0.4, -0.2) is 51.9 Å². The molecular formula is C15H21N6RfS-. The Bertz CT molecular complexity index is 585. The fourth-order valence-electron chi connectivity index (χ4n) is 2.52. The Kier molecular flexibility index (Phi) is 6.73. The van der Waals surface area contributed by atoms with E-state index in [1.165, 1.54) is 0 Å². The maximum atomic E-state index is 4.37. The van der Waals surface area contributed by atoms with Crippen LogP contribution < -0.4 is 9.80 Å². The Hall–Kier alpha value is -2.89. The van der Waals surface area contributed by atoms with Crippen LogP contribution in [0.4, 0.5) is 11.6 Å². The number of rotatable bonds is 2. The minimum atomic E-state index is 0. The number of thiol groups is 1. The zero-order chi connectivity index (χ0) is 15.9. The Morgan fingerprint density at radius 2 is 1.96 bits per heavy atom. The summed E-state index contributed by atoms with van der Waals surface area (Å²) in [4.78, 5) is 21.4. The molecule has 1 fully saturated rings. The summed E-state index contributed by atoms with van der Waals surface area (Å²) in [5, 5.41) is 0. The molecule has 1 unspecified atom stereocenters. The van der Waals surface area contributed by atoms with E-state index in [1.54, 1.807) is 25.0 Å². The first-order chi connectivity index (χ1) is 10.7. The predicted octanol–water partition coefficient (Wildman–Crippen LogP) is 1.64. The van der Waals surface area contributed by atoms with Crippen LogP contribution in [0.5, 0.6) is 0 Å². The van der Waals surface area contributed by atoms with Crippen LogP contribution in [0.3, 0.4) is 0 Å². The fraction of sp³-hybridized carbons (Fsp3) is 0.467. The Balaban J connectivity index is 0.000000849. The molecule has 0 aromatic carbocycles. The van der Waals surface area contributed by atoms with Gasteiger partial charge in [-0.3, -0.25) is 4.98 Å². The molecule has 8 heteroatoms. The van der Waals surface area contributed by atoms with Gasteiger partial charge in [0.05, 0.1) is 5.82 Å². The van der Waals surface area contributed by atoms with Crippen molar-refractivity contribution in [2.45, 2.75) is 19.9 Å². The van der Waals surface area contributed by atoms with Gasteiger partial charge in [0, 0.05) is 37.4 Å². The van der Waals surface area contributed by atoms with Crippen LogP contribution in [-0.2, 0) is 0 Å². The number of piperazine rings is 1. The van der Waals surface area contributed by atoms with Gasteiger partial charge in [0.2, 0.25) is 0 Å². The average Bonchev–Trinajstić information content (AvgIpc) is 2.57. The number of nitrogens with zero attached hydrogens (tertiary/aromatic N) is 6. The van der Waals surface area contributed by atoms with E-state index in [9.17, 15) is 0 Å². The van der Waals surface area contributed by atoms with Crippen molar-refractivity contribution in [2.75, 3.05) is 35.7 Å². The van der Waals surface area contributed by atoms with Gasteiger partial charge in [-0.2, -0.15) is 12.6 Å². The molecule has 0 spiro atoms. The molecule has 1 atom stereocenters. The number of anilines is 2. The molecule has 0 radical (unpaired) electrons. The van der Waals surface area contributed by atoms with Crippen LogP contribution in [0.25, 0.3) is 0 Å². The topological polar surface area (TPSA) is 58.0 Å². The number of hydrogen-bond donors (Lipinski definition) is 1. The van der Waals surface area contributed by atoms with Crippen molar-refractivity contribution in [3.05, 3.63) is 36.7 Å². The van der Waals surface area contributed by atoms with Gasteiger partial charge in [-0.05, 0) is 26.3 Å². The molecule has 6 nitrogen and oxygen atoms in total. The number of aryl methyl sites for hydroxylation is 1. The van der Waals surface area contributed by atoms with Gasteiger partial charge in [0.15, 0.2) is 0 Å². The van der Waals surface area contributed by atoms with E-state index in [0.29, 0.717) is 6.04 Å². The normalized spacial score (nSPS) is 17.0. The zero-order valence-corrected chi connectivity index (χ0v) is 21.1. The van der Waals surface area contributed by atoms with E-state index in [-0.39, 0.29) is 0 Å². The van der Waals surface area contributed by atoms with Gasteiger partial charge in [0.1, 0.15) is 12.1 Å². The minimum Gasteiger partial charge on any atom is -0.454 e. The SMILES string of the molecule is CS.Cc1cc(N2CCN(c3cn[c-]cn3)CC2C)ncn1.[Rf]. The fourth-order valence-corrected chi connectivity index (χ4v) is 2.52. The van der Waals surface area contributed by atoms with Crippen LogP contribution >= 0.6 is 12.6 Å². The predicted molar refractivity (Wildman–Crippen MR) is 91.6 cm³/mol. The van der Waals surface area contributed by atoms with E-state index >= 15 is 0 Å². The van der Waals surface area contributed by atoms with Crippen molar-refractivity contribution in [3.8, 4) is 0 Å². The number of aromatic nitrogens is 4. The molecule has 0 amide bonds. The third kappa shape index (κ3) is 4.29. The van der Waals surface area contributed by atoms with Gasteiger partial charge < -0.3 is 14.8 Å². The van der Waals surface area contributed by atoms with Gasteiger partial charge in [-0.15, -0.1) is 6.20 Å². The first kappa shape index (κ1) is 18.2. The van der Waals surface area contributed by atoms with Gasteiger partial charge in [-0.25, -0.2) is 9.97 Å². The molecule has 0 N–H and O–H groups in total. The molecule has 0 bridgehead atoms. The first-order valence-corrected chi connectivity index (χ1v) is 8.06. The Morgan fingerprint density at radius 1 is 1.17 bits per heavy atom. The summed E-state index contributed by atoms with van der Waals surface area (Å²) >= 11 is 3.53. The van der Waals surface area contributed by atoms with Crippen molar-refractivity contribution in [1.29, 1.82) is 0 Å². The maximum absolute atomic E-state index is 4.37. The summed E-state index contributed by atoms with van der Waals surface area (Å²) < 4.78 is 0. The van der Waals surface area contributed by atoms with Crippen molar-refractivity contribution in [1.82, 2.24) is 19.9 Å². The molecular weight excluding hydrogens is 563 g/mol. The summed E-state index contributed by atoms with van der Waals surface area (Å²) in [5.74, 6) is 1.91. The number of hydrogen-bond acceptors (Lipinski definition) is 7. The second-order valence-corrected chi connectivity index (χ2v) is 5.01. The van der Waals surface area contributed by atoms with E-state index in [2.05, 4.69) is 55.5 Å². The van der Waals surface area contributed by atoms with Gasteiger partial charge >= 0.3 is 0 Å². The second-order valence-electron chi connectivity index (χ2n) is 5.01. The third-order valence-corrected chi connectivity index (χ3v) is 3.54. The Morgan fingerprint density at radius 3 is 2.57 bits per heavy atom. The molecule has 120 valence electrons. The second kappa shape index (κ2) is 8.53. The molecule has 1 aliphatic rings. The molecule has 0 aliphatic carbocycles. The summed E-state index contributed by atoms with van der Waals surface area (Å²) in [5.41, 5.74) is 0.995. The third-order valence-electron chi connectivity index (χ3n) is 3.54. The first-order valence-electron chi connectivity index (χ1n) is 7.17. The summed E-state index contributed by atoms with van der Waals surface area (Å²) in [6.07, 6.45) is 9.40. The van der Waals surface area contributed by atoms with E-state index in [4.69, 9.17) is 0 Å². The van der Waals surface area contributed by atoms with Crippen molar-refractivity contribution in [3.63, 3.8) is 0 Å².